The van der Waals surface area contributed by atoms with E-state index in [2.05, 4.69) is 31.4 Å². The topological polar surface area (TPSA) is 24.1 Å². The molecule has 0 radical (unpaired) electrons. The molecule has 18 heavy (non-hydrogen) atoms. The van der Waals surface area contributed by atoms with Gasteiger partial charge in [-0.3, -0.25) is 0 Å². The van der Waals surface area contributed by atoms with Crippen molar-refractivity contribution in [3.8, 4) is 0 Å². The van der Waals surface area contributed by atoms with E-state index in [9.17, 15) is 0 Å². The van der Waals surface area contributed by atoms with Crippen LogP contribution in [0.5, 0.6) is 0 Å². The molecule has 1 aromatic carbocycles. The van der Waals surface area contributed by atoms with Gasteiger partial charge in [-0.05, 0) is 50.7 Å². The first-order valence-corrected chi connectivity index (χ1v) is 7.04. The second kappa shape index (κ2) is 6.60. The van der Waals surface area contributed by atoms with E-state index in [-0.39, 0.29) is 5.54 Å². The Balaban J connectivity index is 2.64. The molecule has 0 atom stereocenters. The molecule has 0 spiro atoms. The van der Waals surface area contributed by atoms with Crippen LogP contribution in [0.4, 0.5) is 5.69 Å². The highest BCUT2D eigenvalue weighted by atomic mass is 35.5. The first kappa shape index (κ1) is 15.5. The molecule has 0 heterocycles. The van der Waals surface area contributed by atoms with Gasteiger partial charge in [-0.1, -0.05) is 36.5 Å². The Morgan fingerprint density at radius 1 is 1.22 bits per heavy atom. The monoisotopic (exact) mass is 304 g/mol. The third kappa shape index (κ3) is 5.42. The summed E-state index contributed by atoms with van der Waals surface area (Å²) >= 11 is 17.1. The summed E-state index contributed by atoms with van der Waals surface area (Å²) in [6.45, 7) is 6.39. The molecule has 0 fully saturated rings. The molecule has 100 valence electrons. The molecule has 0 bridgehead atoms. The lowest BCUT2D eigenvalue weighted by Crippen LogP contribution is -2.45. The Morgan fingerprint density at radius 2 is 1.78 bits per heavy atom. The van der Waals surface area contributed by atoms with Gasteiger partial charge >= 0.3 is 0 Å². The predicted octanol–water partition coefficient (Wildman–Crippen LogP) is 4.86. The van der Waals surface area contributed by atoms with Crippen LogP contribution < -0.4 is 10.6 Å². The summed E-state index contributed by atoms with van der Waals surface area (Å²) in [4.78, 5) is 0. The van der Waals surface area contributed by atoms with Crippen molar-refractivity contribution in [1.29, 1.82) is 0 Å². The molecule has 5 heteroatoms. The fraction of sp³-hybridized carbons (Fsp3) is 0.462. The number of benzene rings is 1. The summed E-state index contributed by atoms with van der Waals surface area (Å²) in [5.74, 6) is 0. The SMILES string of the molecule is CCCC(C)(C)NC(=S)Nc1cc(Cl)cc(Cl)c1. The van der Waals surface area contributed by atoms with E-state index in [4.69, 9.17) is 35.4 Å². The minimum Gasteiger partial charge on any atom is -0.358 e. The number of anilines is 1. The molecule has 0 saturated heterocycles. The fourth-order valence-electron chi connectivity index (χ4n) is 1.78. The largest absolute Gasteiger partial charge is 0.358 e. The van der Waals surface area contributed by atoms with E-state index in [0.29, 0.717) is 15.2 Å². The molecule has 0 aliphatic rings. The maximum Gasteiger partial charge on any atom is 0.171 e. The molecule has 1 aromatic rings. The molecule has 0 amide bonds. The van der Waals surface area contributed by atoms with Gasteiger partial charge in [0.05, 0.1) is 0 Å². The van der Waals surface area contributed by atoms with Crippen LogP contribution in [0.1, 0.15) is 33.6 Å². The van der Waals surface area contributed by atoms with Gasteiger partial charge in [-0.15, -0.1) is 0 Å². The second-order valence-electron chi connectivity index (χ2n) is 4.87. The Labute approximate surface area is 124 Å². The molecular weight excluding hydrogens is 287 g/mol. The minimum atomic E-state index is -0.0266. The average molecular weight is 305 g/mol. The molecule has 2 nitrogen and oxygen atoms in total. The van der Waals surface area contributed by atoms with Crippen molar-refractivity contribution < 1.29 is 0 Å². The van der Waals surface area contributed by atoms with Crippen LogP contribution in [-0.4, -0.2) is 10.7 Å². The Hall–Kier alpha value is -0.510. The average Bonchev–Trinajstić information content (AvgIpc) is 2.13. The number of halogens is 2. The van der Waals surface area contributed by atoms with Crippen LogP contribution in [0.25, 0.3) is 0 Å². The molecule has 0 aliphatic carbocycles. The van der Waals surface area contributed by atoms with Crippen molar-refractivity contribution in [2.75, 3.05) is 5.32 Å². The van der Waals surface area contributed by atoms with E-state index in [1.165, 1.54) is 0 Å². The Bertz CT molecular complexity index is 413. The zero-order valence-corrected chi connectivity index (χ0v) is 13.1. The molecule has 0 aliphatic heterocycles. The fourth-order valence-corrected chi connectivity index (χ4v) is 2.70. The van der Waals surface area contributed by atoms with Gasteiger partial charge in [0, 0.05) is 21.3 Å². The molecular formula is C13H18Cl2N2S. The molecule has 0 unspecified atom stereocenters. The van der Waals surface area contributed by atoms with Crippen molar-refractivity contribution in [3.05, 3.63) is 28.2 Å². The van der Waals surface area contributed by atoms with Crippen molar-refractivity contribution in [3.63, 3.8) is 0 Å². The quantitative estimate of drug-likeness (QED) is 0.777. The van der Waals surface area contributed by atoms with Crippen LogP contribution >= 0.6 is 35.4 Å². The molecule has 0 aromatic heterocycles. The lowest BCUT2D eigenvalue weighted by atomic mass is 9.99. The van der Waals surface area contributed by atoms with Crippen LogP contribution in [0.2, 0.25) is 10.0 Å². The van der Waals surface area contributed by atoms with E-state index >= 15 is 0 Å². The van der Waals surface area contributed by atoms with Crippen LogP contribution in [-0.2, 0) is 0 Å². The number of nitrogens with one attached hydrogen (secondary N) is 2. The van der Waals surface area contributed by atoms with Crippen LogP contribution in [0.3, 0.4) is 0 Å². The first-order chi connectivity index (χ1) is 8.32. The summed E-state index contributed by atoms with van der Waals surface area (Å²) in [6.07, 6.45) is 2.15. The normalized spacial score (nSPS) is 11.2. The second-order valence-corrected chi connectivity index (χ2v) is 6.15. The first-order valence-electron chi connectivity index (χ1n) is 5.87. The highest BCUT2D eigenvalue weighted by Gasteiger charge is 2.17. The maximum atomic E-state index is 5.93. The Kier molecular flexibility index (Phi) is 5.70. The van der Waals surface area contributed by atoms with Gasteiger partial charge in [0.15, 0.2) is 5.11 Å². The van der Waals surface area contributed by atoms with Crippen molar-refractivity contribution in [2.24, 2.45) is 0 Å². The van der Waals surface area contributed by atoms with E-state index in [0.717, 1.165) is 18.5 Å². The molecule has 1 rings (SSSR count). The van der Waals surface area contributed by atoms with Gasteiger partial charge in [0.25, 0.3) is 0 Å². The zero-order chi connectivity index (χ0) is 13.8. The lowest BCUT2D eigenvalue weighted by Gasteiger charge is -2.27. The maximum absolute atomic E-state index is 5.93. The smallest absolute Gasteiger partial charge is 0.171 e. The van der Waals surface area contributed by atoms with E-state index in [1.807, 2.05) is 0 Å². The van der Waals surface area contributed by atoms with Crippen LogP contribution in [0, 0.1) is 0 Å². The van der Waals surface area contributed by atoms with Crippen molar-refractivity contribution in [2.45, 2.75) is 39.2 Å². The third-order valence-electron chi connectivity index (χ3n) is 2.45. The predicted molar refractivity (Wildman–Crippen MR) is 84.8 cm³/mol. The highest BCUT2D eigenvalue weighted by molar-refractivity contribution is 7.80. The van der Waals surface area contributed by atoms with Gasteiger partial charge in [-0.2, -0.15) is 0 Å². The lowest BCUT2D eigenvalue weighted by molar-refractivity contribution is 0.422. The standard InChI is InChI=1S/C13H18Cl2N2S/c1-4-5-13(2,3)17-12(18)16-11-7-9(14)6-10(15)8-11/h6-8H,4-5H2,1-3H3,(H2,16,17,18). The highest BCUT2D eigenvalue weighted by Crippen LogP contribution is 2.22. The third-order valence-corrected chi connectivity index (χ3v) is 3.09. The van der Waals surface area contributed by atoms with Gasteiger partial charge in [-0.25, -0.2) is 0 Å². The molecule has 2 N–H and O–H groups in total. The minimum absolute atomic E-state index is 0.0266. The zero-order valence-electron chi connectivity index (χ0n) is 10.8. The summed E-state index contributed by atoms with van der Waals surface area (Å²) in [5.41, 5.74) is 0.763. The van der Waals surface area contributed by atoms with Gasteiger partial charge in [0.2, 0.25) is 0 Å². The number of hydrogen-bond acceptors (Lipinski definition) is 1. The van der Waals surface area contributed by atoms with E-state index < -0.39 is 0 Å². The van der Waals surface area contributed by atoms with Crippen molar-refractivity contribution in [1.82, 2.24) is 5.32 Å². The van der Waals surface area contributed by atoms with Gasteiger partial charge < -0.3 is 10.6 Å². The number of hydrogen-bond donors (Lipinski definition) is 2. The van der Waals surface area contributed by atoms with E-state index in [1.54, 1.807) is 18.2 Å². The van der Waals surface area contributed by atoms with Gasteiger partial charge in [0.1, 0.15) is 0 Å². The number of rotatable bonds is 4. The van der Waals surface area contributed by atoms with Crippen molar-refractivity contribution >= 4 is 46.2 Å². The summed E-state index contributed by atoms with van der Waals surface area (Å²) in [7, 11) is 0. The van der Waals surface area contributed by atoms with Crippen LogP contribution in [0.15, 0.2) is 18.2 Å². The number of thiocarbonyl (C=S) groups is 1. The Morgan fingerprint density at radius 3 is 2.28 bits per heavy atom. The summed E-state index contributed by atoms with van der Waals surface area (Å²) in [6, 6.07) is 5.26. The summed E-state index contributed by atoms with van der Waals surface area (Å²) < 4.78 is 0. The summed E-state index contributed by atoms with van der Waals surface area (Å²) in [5, 5.41) is 8.11. The molecule has 0 saturated carbocycles.